The van der Waals surface area contributed by atoms with Gasteiger partial charge in [-0.15, -0.1) is 0 Å². The summed E-state index contributed by atoms with van der Waals surface area (Å²) in [5.41, 5.74) is 7.57. The van der Waals surface area contributed by atoms with Gasteiger partial charge < -0.3 is 15.5 Å². The Morgan fingerprint density at radius 1 is 1.33 bits per heavy atom. The first-order valence-corrected chi connectivity index (χ1v) is 7.57. The monoisotopic (exact) mass is 363 g/mol. The van der Waals surface area contributed by atoms with Crippen molar-refractivity contribution >= 4 is 36.0 Å². The van der Waals surface area contributed by atoms with Gasteiger partial charge in [0.05, 0.1) is 16.2 Å². The molecule has 0 amide bonds. The number of fused-ring (bicyclic) bond motifs is 1. The van der Waals surface area contributed by atoms with Crippen LogP contribution >= 0.6 is 25.1 Å². The zero-order valence-electron chi connectivity index (χ0n) is 13.0. The molecular weight excluding hydrogens is 346 g/mol. The second-order valence-electron chi connectivity index (χ2n) is 5.32. The zero-order chi connectivity index (χ0) is 16.4. The van der Waals surface area contributed by atoms with Crippen molar-refractivity contribution in [2.75, 3.05) is 0 Å². The molecule has 0 radical (unpaired) electrons. The molecule has 0 saturated heterocycles. The highest BCUT2D eigenvalue weighted by Crippen LogP contribution is 2.30. The van der Waals surface area contributed by atoms with Gasteiger partial charge in [-0.2, -0.15) is 13.5 Å². The first kappa shape index (κ1) is 18.3. The van der Waals surface area contributed by atoms with Crippen LogP contribution in [0.25, 0.3) is 10.9 Å². The second kappa shape index (κ2) is 7.70. The summed E-state index contributed by atoms with van der Waals surface area (Å²) in [7, 11) is 0. The van der Waals surface area contributed by atoms with E-state index in [4.69, 9.17) is 22.1 Å². The Labute approximate surface area is 151 Å². The fourth-order valence-electron chi connectivity index (χ4n) is 2.31. The Morgan fingerprint density at radius 3 is 2.79 bits per heavy atom. The molecule has 0 unspecified atom stereocenters. The third-order valence-electron chi connectivity index (χ3n) is 3.52. The number of aromatic amines is 1. The maximum Gasteiger partial charge on any atom is 0.253 e. The van der Waals surface area contributed by atoms with E-state index in [1.54, 1.807) is 31.3 Å². The molecule has 5 nitrogen and oxygen atoms in total. The van der Waals surface area contributed by atoms with Gasteiger partial charge in [0.2, 0.25) is 0 Å². The molecule has 1 atom stereocenters. The molecule has 0 bridgehead atoms. The molecule has 2 heterocycles. The van der Waals surface area contributed by atoms with Crippen LogP contribution in [0.2, 0.25) is 5.02 Å². The Balaban J connectivity index is 0.00000208. The van der Waals surface area contributed by atoms with Crippen molar-refractivity contribution in [1.29, 1.82) is 0 Å². The van der Waals surface area contributed by atoms with E-state index < -0.39 is 0 Å². The minimum Gasteiger partial charge on any atom is -0.486 e. The number of H-pyrrole nitrogens is 1. The summed E-state index contributed by atoms with van der Waals surface area (Å²) in [6.45, 7) is 2.07. The number of hydrogen-bond acceptors (Lipinski definition) is 4. The van der Waals surface area contributed by atoms with Crippen LogP contribution in [-0.2, 0) is 6.61 Å². The van der Waals surface area contributed by atoms with Gasteiger partial charge in [0, 0.05) is 29.3 Å². The van der Waals surface area contributed by atoms with Gasteiger partial charge in [0.25, 0.3) is 5.56 Å². The standard InChI is InChI=1S/C17H16ClN3O2.H2S/c1-10(19)13-6-11-7-14(18)16(8-15(11)21-17(13)22)23-9-12-4-2-3-5-20-12;/h2-8,10H,9,19H2,1H3,(H,21,22);1H2/t10-;/m0./s1. The SMILES string of the molecule is C[C@H](N)c1cc2cc(Cl)c(OCc3ccccn3)cc2[nH]c1=O.S. The van der Waals surface area contributed by atoms with Crippen LogP contribution in [0.15, 0.2) is 47.4 Å². The second-order valence-corrected chi connectivity index (χ2v) is 5.73. The molecule has 1 aromatic carbocycles. The number of nitrogens with two attached hydrogens (primary N) is 1. The molecule has 24 heavy (non-hydrogen) atoms. The number of ether oxygens (including phenoxy) is 1. The van der Waals surface area contributed by atoms with E-state index in [0.29, 0.717) is 28.5 Å². The van der Waals surface area contributed by atoms with Crippen molar-refractivity contribution in [3.05, 3.63) is 69.2 Å². The average Bonchev–Trinajstić information content (AvgIpc) is 2.53. The summed E-state index contributed by atoms with van der Waals surface area (Å²) < 4.78 is 5.71. The summed E-state index contributed by atoms with van der Waals surface area (Å²) in [5, 5.41) is 1.28. The smallest absolute Gasteiger partial charge is 0.253 e. The summed E-state index contributed by atoms with van der Waals surface area (Å²) in [6.07, 6.45) is 1.70. The molecule has 0 fully saturated rings. The van der Waals surface area contributed by atoms with E-state index in [-0.39, 0.29) is 25.1 Å². The number of rotatable bonds is 4. The maximum absolute atomic E-state index is 12.0. The summed E-state index contributed by atoms with van der Waals surface area (Å²) in [6, 6.07) is 10.5. The van der Waals surface area contributed by atoms with Gasteiger partial charge in [-0.1, -0.05) is 17.7 Å². The van der Waals surface area contributed by atoms with Crippen LogP contribution < -0.4 is 16.0 Å². The quantitative estimate of drug-likeness (QED) is 0.745. The molecule has 2 aromatic heterocycles. The van der Waals surface area contributed by atoms with Gasteiger partial charge >= 0.3 is 0 Å². The molecular formula is C17H18ClN3O2S. The third-order valence-corrected chi connectivity index (χ3v) is 3.81. The fraction of sp³-hybridized carbons (Fsp3) is 0.176. The molecule has 3 N–H and O–H groups in total. The van der Waals surface area contributed by atoms with E-state index in [9.17, 15) is 4.79 Å². The first-order valence-electron chi connectivity index (χ1n) is 7.19. The highest BCUT2D eigenvalue weighted by atomic mass is 35.5. The van der Waals surface area contributed by atoms with E-state index in [2.05, 4.69) is 9.97 Å². The molecule has 3 aromatic rings. The summed E-state index contributed by atoms with van der Waals surface area (Å²) in [5.74, 6) is 0.494. The topological polar surface area (TPSA) is 81.0 Å². The van der Waals surface area contributed by atoms with Gasteiger partial charge in [-0.25, -0.2) is 0 Å². The van der Waals surface area contributed by atoms with Crippen LogP contribution in [0, 0.1) is 0 Å². The predicted molar refractivity (Wildman–Crippen MR) is 101 cm³/mol. The van der Waals surface area contributed by atoms with E-state index in [1.807, 2.05) is 18.2 Å². The number of hydrogen-bond donors (Lipinski definition) is 2. The zero-order valence-corrected chi connectivity index (χ0v) is 14.8. The fourth-order valence-corrected chi connectivity index (χ4v) is 2.53. The van der Waals surface area contributed by atoms with Crippen molar-refractivity contribution in [3.63, 3.8) is 0 Å². The number of pyridine rings is 2. The highest BCUT2D eigenvalue weighted by molar-refractivity contribution is 7.59. The van der Waals surface area contributed by atoms with Crippen molar-refractivity contribution < 1.29 is 4.74 Å². The maximum atomic E-state index is 12.0. The molecule has 0 aliphatic carbocycles. The predicted octanol–water partition coefficient (Wildman–Crippen LogP) is 3.29. The Bertz CT molecular complexity index is 897. The lowest BCUT2D eigenvalue weighted by molar-refractivity contribution is 0.302. The van der Waals surface area contributed by atoms with E-state index in [1.165, 1.54) is 0 Å². The minimum atomic E-state index is -0.345. The average molecular weight is 364 g/mol. The first-order chi connectivity index (χ1) is 11.0. The summed E-state index contributed by atoms with van der Waals surface area (Å²) in [4.78, 5) is 19.0. The van der Waals surface area contributed by atoms with Gasteiger partial charge in [-0.3, -0.25) is 9.78 Å². The van der Waals surface area contributed by atoms with Crippen molar-refractivity contribution in [3.8, 4) is 5.75 Å². The summed E-state index contributed by atoms with van der Waals surface area (Å²) >= 11 is 6.27. The number of nitrogens with zero attached hydrogens (tertiary/aromatic N) is 1. The molecule has 0 spiro atoms. The molecule has 0 aliphatic rings. The van der Waals surface area contributed by atoms with Crippen LogP contribution in [0.3, 0.4) is 0 Å². The number of halogens is 1. The van der Waals surface area contributed by atoms with Crippen LogP contribution in [-0.4, -0.2) is 9.97 Å². The van der Waals surface area contributed by atoms with Gasteiger partial charge in [0.1, 0.15) is 12.4 Å². The number of nitrogens with one attached hydrogen (secondary N) is 1. The Hall–Kier alpha value is -2.02. The van der Waals surface area contributed by atoms with Gasteiger partial charge in [0.15, 0.2) is 0 Å². The molecule has 7 heteroatoms. The minimum absolute atomic E-state index is 0. The Morgan fingerprint density at radius 2 is 2.12 bits per heavy atom. The van der Waals surface area contributed by atoms with Crippen molar-refractivity contribution in [1.82, 2.24) is 9.97 Å². The van der Waals surface area contributed by atoms with Crippen molar-refractivity contribution in [2.45, 2.75) is 19.6 Å². The van der Waals surface area contributed by atoms with E-state index in [0.717, 1.165) is 11.1 Å². The van der Waals surface area contributed by atoms with Crippen LogP contribution in [0.5, 0.6) is 5.75 Å². The number of aromatic nitrogens is 2. The van der Waals surface area contributed by atoms with Gasteiger partial charge in [-0.05, 0) is 31.2 Å². The highest BCUT2D eigenvalue weighted by Gasteiger charge is 2.10. The normalized spacial score (nSPS) is 11.8. The lowest BCUT2D eigenvalue weighted by Gasteiger charge is -2.11. The number of benzene rings is 1. The Kier molecular flexibility index (Phi) is 5.88. The lowest BCUT2D eigenvalue weighted by Crippen LogP contribution is -2.19. The lowest BCUT2D eigenvalue weighted by atomic mass is 10.1. The van der Waals surface area contributed by atoms with Crippen LogP contribution in [0.4, 0.5) is 0 Å². The molecule has 126 valence electrons. The molecule has 0 aliphatic heterocycles. The molecule has 0 saturated carbocycles. The molecule has 3 rings (SSSR count). The van der Waals surface area contributed by atoms with Crippen molar-refractivity contribution in [2.24, 2.45) is 5.73 Å². The van der Waals surface area contributed by atoms with Crippen LogP contribution in [0.1, 0.15) is 24.2 Å². The third kappa shape index (κ3) is 3.90. The largest absolute Gasteiger partial charge is 0.486 e. The van der Waals surface area contributed by atoms with E-state index >= 15 is 0 Å².